The first-order valence-corrected chi connectivity index (χ1v) is 9.96. The van der Waals surface area contributed by atoms with Crippen LogP contribution < -0.4 is 4.74 Å². The van der Waals surface area contributed by atoms with Crippen molar-refractivity contribution < 1.29 is 22.6 Å². The van der Waals surface area contributed by atoms with Gasteiger partial charge in [-0.15, -0.1) is 0 Å². The molecule has 1 aromatic carbocycles. The summed E-state index contributed by atoms with van der Waals surface area (Å²) in [6.45, 7) is 4.75. The van der Waals surface area contributed by atoms with E-state index < -0.39 is 10.0 Å². The zero-order valence-electron chi connectivity index (χ0n) is 15.0. The van der Waals surface area contributed by atoms with Crippen LogP contribution >= 0.6 is 0 Å². The van der Waals surface area contributed by atoms with Crippen LogP contribution in [0.5, 0.6) is 5.75 Å². The number of hydrogen-bond acceptors (Lipinski definition) is 6. The normalized spacial score (nSPS) is 16.3. The number of morpholine rings is 1. The lowest BCUT2D eigenvalue weighted by molar-refractivity contribution is 0.0730. The van der Waals surface area contributed by atoms with Gasteiger partial charge in [0.1, 0.15) is 12.4 Å². The van der Waals surface area contributed by atoms with Crippen LogP contribution in [-0.4, -0.2) is 84.4 Å². The highest BCUT2D eigenvalue weighted by molar-refractivity contribution is 7.89. The minimum Gasteiger partial charge on any atom is -0.492 e. The molecule has 1 aromatic rings. The summed E-state index contributed by atoms with van der Waals surface area (Å²) in [5.41, 5.74) is 0. The van der Waals surface area contributed by atoms with Crippen molar-refractivity contribution in [2.75, 3.05) is 66.8 Å². The summed E-state index contributed by atoms with van der Waals surface area (Å²) in [6.07, 6.45) is 0.987. The third-order valence-corrected chi connectivity index (χ3v) is 5.97. The van der Waals surface area contributed by atoms with Crippen molar-refractivity contribution in [3.8, 4) is 5.75 Å². The highest BCUT2D eigenvalue weighted by atomic mass is 32.2. The number of rotatable bonds is 10. The van der Waals surface area contributed by atoms with E-state index in [1.807, 2.05) is 7.05 Å². The lowest BCUT2D eigenvalue weighted by Crippen LogP contribution is -2.40. The summed E-state index contributed by atoms with van der Waals surface area (Å²) in [4.78, 5) is 2.47. The standard InChI is InChI=1S/C17H28N2O5S/c1-18(8-3-12-22-2)9-15-24-16-4-6-17(7-5-16)25(20,21)19-10-13-23-14-11-19/h4-7H,3,8-15H2,1-2H3. The molecule has 0 unspecified atom stereocenters. The van der Waals surface area contributed by atoms with E-state index in [4.69, 9.17) is 14.2 Å². The number of sulfonamides is 1. The topological polar surface area (TPSA) is 68.3 Å². The number of likely N-dealkylation sites (N-methyl/N-ethyl adjacent to an activating group) is 1. The van der Waals surface area contributed by atoms with Gasteiger partial charge in [0.25, 0.3) is 0 Å². The Bertz CT molecular complexity index is 600. The van der Waals surface area contributed by atoms with E-state index in [0.29, 0.717) is 43.6 Å². The Kier molecular flexibility index (Phi) is 8.11. The van der Waals surface area contributed by atoms with Gasteiger partial charge >= 0.3 is 0 Å². The molecule has 0 bridgehead atoms. The average Bonchev–Trinajstić information content (AvgIpc) is 2.63. The second-order valence-corrected chi connectivity index (χ2v) is 7.92. The third kappa shape index (κ3) is 6.23. The van der Waals surface area contributed by atoms with Crippen molar-refractivity contribution in [3.63, 3.8) is 0 Å². The molecule has 0 aliphatic carbocycles. The smallest absolute Gasteiger partial charge is 0.243 e. The van der Waals surface area contributed by atoms with Crippen LogP contribution in [0.4, 0.5) is 0 Å². The third-order valence-electron chi connectivity index (χ3n) is 4.06. The molecule has 142 valence electrons. The molecule has 1 fully saturated rings. The fourth-order valence-corrected chi connectivity index (χ4v) is 3.96. The second kappa shape index (κ2) is 10.1. The van der Waals surface area contributed by atoms with Crippen LogP contribution in [0.3, 0.4) is 0 Å². The highest BCUT2D eigenvalue weighted by Gasteiger charge is 2.26. The van der Waals surface area contributed by atoms with Crippen molar-refractivity contribution in [1.82, 2.24) is 9.21 Å². The summed E-state index contributed by atoms with van der Waals surface area (Å²) in [7, 11) is 0.291. The quantitative estimate of drug-likeness (QED) is 0.572. The van der Waals surface area contributed by atoms with Crippen LogP contribution in [0.2, 0.25) is 0 Å². The first kappa shape index (κ1) is 20.1. The maximum Gasteiger partial charge on any atom is 0.243 e. The largest absolute Gasteiger partial charge is 0.492 e. The molecule has 0 aromatic heterocycles. The first-order valence-electron chi connectivity index (χ1n) is 8.52. The fourth-order valence-electron chi connectivity index (χ4n) is 2.55. The molecular formula is C17H28N2O5S. The molecule has 0 N–H and O–H groups in total. The predicted molar refractivity (Wildman–Crippen MR) is 95.5 cm³/mol. The minimum atomic E-state index is -3.45. The minimum absolute atomic E-state index is 0.290. The molecule has 7 nitrogen and oxygen atoms in total. The molecule has 1 heterocycles. The van der Waals surface area contributed by atoms with Gasteiger partial charge in [0, 0.05) is 39.9 Å². The van der Waals surface area contributed by atoms with Crippen molar-refractivity contribution in [1.29, 1.82) is 0 Å². The number of hydrogen-bond donors (Lipinski definition) is 0. The van der Waals surface area contributed by atoms with Gasteiger partial charge in [-0.2, -0.15) is 4.31 Å². The summed E-state index contributed by atoms with van der Waals surface area (Å²) in [5.74, 6) is 0.672. The van der Waals surface area contributed by atoms with Crippen molar-refractivity contribution in [2.45, 2.75) is 11.3 Å². The van der Waals surface area contributed by atoms with Crippen LogP contribution in [0.1, 0.15) is 6.42 Å². The van der Waals surface area contributed by atoms with Crippen molar-refractivity contribution in [2.24, 2.45) is 0 Å². The summed E-state index contributed by atoms with van der Waals surface area (Å²) < 4.78 is 42.5. The zero-order valence-corrected chi connectivity index (χ0v) is 15.8. The van der Waals surface area contributed by atoms with Gasteiger partial charge < -0.3 is 19.1 Å². The molecule has 0 atom stereocenters. The molecule has 1 saturated heterocycles. The van der Waals surface area contributed by atoms with Crippen molar-refractivity contribution >= 4 is 10.0 Å². The number of ether oxygens (including phenoxy) is 3. The number of benzene rings is 1. The molecule has 1 aliphatic heterocycles. The van der Waals surface area contributed by atoms with E-state index in [0.717, 1.165) is 26.1 Å². The van der Waals surface area contributed by atoms with Crippen LogP contribution in [0, 0.1) is 0 Å². The maximum atomic E-state index is 12.5. The first-order chi connectivity index (χ1) is 12.0. The average molecular weight is 372 g/mol. The molecule has 0 radical (unpaired) electrons. The second-order valence-electron chi connectivity index (χ2n) is 5.99. The lowest BCUT2D eigenvalue weighted by atomic mass is 10.3. The molecule has 0 spiro atoms. The Labute approximate surface area is 150 Å². The molecule has 25 heavy (non-hydrogen) atoms. The monoisotopic (exact) mass is 372 g/mol. The molecule has 0 saturated carbocycles. The molecular weight excluding hydrogens is 344 g/mol. The summed E-state index contributed by atoms with van der Waals surface area (Å²) >= 11 is 0. The van der Waals surface area contributed by atoms with Gasteiger partial charge in [0.2, 0.25) is 10.0 Å². The van der Waals surface area contributed by atoms with Crippen molar-refractivity contribution in [3.05, 3.63) is 24.3 Å². The van der Waals surface area contributed by atoms with Gasteiger partial charge in [-0.05, 0) is 37.7 Å². The van der Waals surface area contributed by atoms with Gasteiger partial charge in [0.15, 0.2) is 0 Å². The van der Waals surface area contributed by atoms with Gasteiger partial charge in [0.05, 0.1) is 18.1 Å². The van der Waals surface area contributed by atoms with E-state index >= 15 is 0 Å². The van der Waals surface area contributed by atoms with Crippen LogP contribution in [-0.2, 0) is 19.5 Å². The Morgan fingerprint density at radius 3 is 2.44 bits per heavy atom. The molecule has 0 amide bonds. The molecule has 1 aliphatic rings. The Hall–Kier alpha value is -1.19. The highest BCUT2D eigenvalue weighted by Crippen LogP contribution is 2.20. The Morgan fingerprint density at radius 1 is 1.12 bits per heavy atom. The summed E-state index contributed by atoms with van der Waals surface area (Å²) in [6, 6.07) is 6.61. The van der Waals surface area contributed by atoms with Crippen LogP contribution in [0.15, 0.2) is 29.2 Å². The maximum absolute atomic E-state index is 12.5. The van der Waals surface area contributed by atoms with E-state index in [1.165, 1.54) is 4.31 Å². The SMILES string of the molecule is COCCCN(C)CCOc1ccc(S(=O)(=O)N2CCOCC2)cc1. The van der Waals surface area contributed by atoms with Gasteiger partial charge in [-0.25, -0.2) is 8.42 Å². The number of methoxy groups -OCH3 is 1. The Balaban J connectivity index is 1.81. The fraction of sp³-hybridized carbons (Fsp3) is 0.647. The van der Waals surface area contributed by atoms with E-state index in [-0.39, 0.29) is 0 Å². The number of nitrogens with zero attached hydrogens (tertiary/aromatic N) is 2. The summed E-state index contributed by atoms with van der Waals surface area (Å²) in [5, 5.41) is 0. The lowest BCUT2D eigenvalue weighted by Gasteiger charge is -2.26. The molecule has 2 rings (SSSR count). The van der Waals surface area contributed by atoms with Crippen LogP contribution in [0.25, 0.3) is 0 Å². The van der Waals surface area contributed by atoms with Gasteiger partial charge in [-0.1, -0.05) is 0 Å². The zero-order chi connectivity index (χ0) is 18.1. The van der Waals surface area contributed by atoms with Gasteiger partial charge in [-0.3, -0.25) is 0 Å². The van der Waals surface area contributed by atoms with E-state index in [2.05, 4.69) is 4.90 Å². The van der Waals surface area contributed by atoms with E-state index in [9.17, 15) is 8.42 Å². The predicted octanol–water partition coefficient (Wildman–Crippen LogP) is 1.05. The Morgan fingerprint density at radius 2 is 1.80 bits per heavy atom. The molecule has 8 heteroatoms. The van der Waals surface area contributed by atoms with E-state index in [1.54, 1.807) is 31.4 Å².